The van der Waals surface area contributed by atoms with Gasteiger partial charge in [-0.1, -0.05) is 25.1 Å². The lowest BCUT2D eigenvalue weighted by atomic mass is 10.1. The van der Waals surface area contributed by atoms with Gasteiger partial charge in [0.25, 0.3) is 5.91 Å². The first-order chi connectivity index (χ1) is 12.6. The van der Waals surface area contributed by atoms with Crippen molar-refractivity contribution >= 4 is 36.4 Å². The van der Waals surface area contributed by atoms with Gasteiger partial charge in [-0.3, -0.25) is 4.79 Å². The standard InChI is InChI=1S/C20H24N4O2.2ClH/c1-14(10-21)11-22-20(25)17-7-3-4-8-18(17)26-13-16-12-24-9-5-6-15(2)19(24)23-16;;/h3-9,12,14H,10-11,13,21H2,1-2H3,(H,22,25);2*1H. The molecule has 0 aliphatic heterocycles. The van der Waals surface area contributed by atoms with E-state index in [9.17, 15) is 4.79 Å². The first-order valence-electron chi connectivity index (χ1n) is 8.71. The Kier molecular flexibility index (Phi) is 9.25. The van der Waals surface area contributed by atoms with Crippen LogP contribution in [0.25, 0.3) is 5.65 Å². The molecule has 1 amide bonds. The van der Waals surface area contributed by atoms with Crippen LogP contribution in [-0.4, -0.2) is 28.4 Å². The lowest BCUT2D eigenvalue weighted by Gasteiger charge is -2.13. The number of nitrogens with two attached hydrogens (primary N) is 1. The normalized spacial score (nSPS) is 11.2. The van der Waals surface area contributed by atoms with Crippen LogP contribution in [0.5, 0.6) is 5.75 Å². The van der Waals surface area contributed by atoms with Gasteiger partial charge >= 0.3 is 0 Å². The summed E-state index contributed by atoms with van der Waals surface area (Å²) in [6.07, 6.45) is 3.90. The van der Waals surface area contributed by atoms with Crippen LogP contribution >= 0.6 is 24.8 Å². The number of carbonyl (C=O) groups excluding carboxylic acids is 1. The number of para-hydroxylation sites is 1. The van der Waals surface area contributed by atoms with Gasteiger partial charge in [0.05, 0.1) is 11.3 Å². The van der Waals surface area contributed by atoms with Crippen LogP contribution in [0.4, 0.5) is 0 Å². The van der Waals surface area contributed by atoms with E-state index in [2.05, 4.69) is 10.3 Å². The van der Waals surface area contributed by atoms with E-state index in [1.165, 1.54) is 0 Å². The second-order valence-electron chi connectivity index (χ2n) is 6.49. The molecule has 3 N–H and O–H groups in total. The molecule has 0 fully saturated rings. The molecule has 1 aromatic carbocycles. The summed E-state index contributed by atoms with van der Waals surface area (Å²) >= 11 is 0. The highest BCUT2D eigenvalue weighted by Gasteiger charge is 2.13. The number of amides is 1. The molecule has 1 unspecified atom stereocenters. The van der Waals surface area contributed by atoms with Crippen molar-refractivity contribution in [2.45, 2.75) is 20.5 Å². The molecule has 2 aromatic heterocycles. The largest absolute Gasteiger partial charge is 0.486 e. The smallest absolute Gasteiger partial charge is 0.255 e. The fourth-order valence-electron chi connectivity index (χ4n) is 2.65. The van der Waals surface area contributed by atoms with E-state index in [0.717, 1.165) is 16.9 Å². The van der Waals surface area contributed by atoms with Crippen LogP contribution in [0, 0.1) is 12.8 Å². The van der Waals surface area contributed by atoms with Gasteiger partial charge in [-0.05, 0) is 43.1 Å². The third-order valence-electron chi connectivity index (χ3n) is 4.25. The Morgan fingerprint density at radius 2 is 2.00 bits per heavy atom. The maximum atomic E-state index is 12.4. The lowest BCUT2D eigenvalue weighted by molar-refractivity contribution is 0.0944. The molecule has 6 nitrogen and oxygen atoms in total. The number of benzene rings is 1. The highest BCUT2D eigenvalue weighted by molar-refractivity contribution is 5.96. The molecule has 8 heteroatoms. The summed E-state index contributed by atoms with van der Waals surface area (Å²) < 4.78 is 7.86. The van der Waals surface area contributed by atoms with Gasteiger partial charge in [-0.15, -0.1) is 24.8 Å². The number of hydrogen-bond donors (Lipinski definition) is 2. The molecule has 0 saturated carbocycles. The molecule has 152 valence electrons. The summed E-state index contributed by atoms with van der Waals surface area (Å²) in [6.45, 7) is 5.38. The van der Waals surface area contributed by atoms with Gasteiger partial charge in [0.2, 0.25) is 0 Å². The van der Waals surface area contributed by atoms with Crippen molar-refractivity contribution in [2.75, 3.05) is 13.1 Å². The second-order valence-corrected chi connectivity index (χ2v) is 6.49. The number of halogens is 2. The molecule has 0 radical (unpaired) electrons. The van der Waals surface area contributed by atoms with Crippen LogP contribution in [0.3, 0.4) is 0 Å². The minimum atomic E-state index is -0.160. The monoisotopic (exact) mass is 424 g/mol. The van der Waals surface area contributed by atoms with Crippen molar-refractivity contribution in [1.29, 1.82) is 0 Å². The topological polar surface area (TPSA) is 81.7 Å². The molecule has 3 rings (SSSR count). The van der Waals surface area contributed by atoms with E-state index in [-0.39, 0.29) is 36.6 Å². The Morgan fingerprint density at radius 3 is 2.71 bits per heavy atom. The van der Waals surface area contributed by atoms with E-state index < -0.39 is 0 Å². The quantitative estimate of drug-likeness (QED) is 0.608. The van der Waals surface area contributed by atoms with Crippen LogP contribution in [0.2, 0.25) is 0 Å². The number of nitrogens with one attached hydrogen (secondary N) is 1. The van der Waals surface area contributed by atoms with Crippen molar-refractivity contribution < 1.29 is 9.53 Å². The lowest BCUT2D eigenvalue weighted by Crippen LogP contribution is -2.31. The Hall–Kier alpha value is -2.28. The summed E-state index contributed by atoms with van der Waals surface area (Å²) in [6, 6.07) is 11.2. The zero-order valence-electron chi connectivity index (χ0n) is 15.9. The zero-order chi connectivity index (χ0) is 18.5. The fourth-order valence-corrected chi connectivity index (χ4v) is 2.65. The number of pyridine rings is 1. The fraction of sp³-hybridized carbons (Fsp3) is 0.300. The predicted molar refractivity (Wildman–Crippen MR) is 116 cm³/mol. The van der Waals surface area contributed by atoms with E-state index in [0.29, 0.717) is 31.0 Å². The summed E-state index contributed by atoms with van der Waals surface area (Å²) in [5, 5.41) is 2.90. The Labute approximate surface area is 177 Å². The summed E-state index contributed by atoms with van der Waals surface area (Å²) in [5.74, 6) is 0.610. The van der Waals surface area contributed by atoms with E-state index in [1.807, 2.05) is 54.9 Å². The Balaban J connectivity index is 0.00000196. The third kappa shape index (κ3) is 5.61. The third-order valence-corrected chi connectivity index (χ3v) is 4.25. The molecule has 0 saturated heterocycles. The number of nitrogens with zero attached hydrogens (tertiary/aromatic N) is 2. The van der Waals surface area contributed by atoms with E-state index in [4.69, 9.17) is 10.5 Å². The SMILES string of the molecule is Cc1cccn2cc(COc3ccccc3C(=O)NCC(C)CN)nc12.Cl.Cl. The zero-order valence-corrected chi connectivity index (χ0v) is 17.6. The molecule has 0 spiro atoms. The average Bonchev–Trinajstić information content (AvgIpc) is 3.09. The number of carbonyl (C=O) groups is 1. The minimum absolute atomic E-state index is 0. The van der Waals surface area contributed by atoms with Crippen molar-refractivity contribution in [3.8, 4) is 5.75 Å². The van der Waals surface area contributed by atoms with Crippen LogP contribution in [0.1, 0.15) is 28.5 Å². The number of rotatable bonds is 7. The van der Waals surface area contributed by atoms with Crippen LogP contribution < -0.4 is 15.8 Å². The average molecular weight is 425 g/mol. The minimum Gasteiger partial charge on any atom is -0.486 e. The number of aryl methyl sites for hydroxylation is 1. The number of ether oxygens (including phenoxy) is 1. The van der Waals surface area contributed by atoms with E-state index in [1.54, 1.807) is 12.1 Å². The van der Waals surface area contributed by atoms with E-state index >= 15 is 0 Å². The summed E-state index contributed by atoms with van der Waals surface area (Å²) in [4.78, 5) is 17.0. The molecular formula is C20H26Cl2N4O2. The maximum Gasteiger partial charge on any atom is 0.255 e. The Morgan fingerprint density at radius 1 is 1.25 bits per heavy atom. The number of hydrogen-bond acceptors (Lipinski definition) is 4. The van der Waals surface area contributed by atoms with Crippen molar-refractivity contribution in [1.82, 2.24) is 14.7 Å². The molecule has 28 heavy (non-hydrogen) atoms. The van der Waals surface area contributed by atoms with Gasteiger partial charge < -0.3 is 20.2 Å². The van der Waals surface area contributed by atoms with Crippen molar-refractivity contribution in [2.24, 2.45) is 11.7 Å². The highest BCUT2D eigenvalue weighted by Crippen LogP contribution is 2.20. The van der Waals surface area contributed by atoms with Gasteiger partial charge in [-0.2, -0.15) is 0 Å². The van der Waals surface area contributed by atoms with Gasteiger partial charge in [-0.25, -0.2) is 4.98 Å². The van der Waals surface area contributed by atoms with Crippen LogP contribution in [-0.2, 0) is 6.61 Å². The molecule has 3 aromatic rings. The second kappa shape index (κ2) is 10.9. The van der Waals surface area contributed by atoms with Gasteiger partial charge in [0, 0.05) is 18.9 Å². The predicted octanol–water partition coefficient (Wildman–Crippen LogP) is 3.39. The van der Waals surface area contributed by atoms with Gasteiger partial charge in [0.1, 0.15) is 18.0 Å². The number of imidazole rings is 1. The molecule has 1 atom stereocenters. The molecule has 0 bridgehead atoms. The molecule has 2 heterocycles. The summed E-state index contributed by atoms with van der Waals surface area (Å²) in [7, 11) is 0. The molecule has 0 aliphatic carbocycles. The maximum absolute atomic E-state index is 12.4. The first-order valence-corrected chi connectivity index (χ1v) is 8.71. The van der Waals surface area contributed by atoms with Crippen LogP contribution in [0.15, 0.2) is 48.8 Å². The molecule has 0 aliphatic rings. The number of fused-ring (bicyclic) bond motifs is 1. The highest BCUT2D eigenvalue weighted by atomic mass is 35.5. The van der Waals surface area contributed by atoms with Gasteiger partial charge in [0.15, 0.2) is 0 Å². The summed E-state index contributed by atoms with van der Waals surface area (Å²) in [5.41, 5.74) is 8.93. The molecular weight excluding hydrogens is 399 g/mol. The Bertz CT molecular complexity index is 914. The first kappa shape index (κ1) is 23.8. The van der Waals surface area contributed by atoms with Crippen molar-refractivity contribution in [3.05, 3.63) is 65.6 Å². The number of aromatic nitrogens is 2. The van der Waals surface area contributed by atoms with Crippen molar-refractivity contribution in [3.63, 3.8) is 0 Å².